The van der Waals surface area contributed by atoms with Crippen molar-refractivity contribution in [3.63, 3.8) is 0 Å². The molecule has 0 bridgehead atoms. The zero-order valence-electron chi connectivity index (χ0n) is 12.4. The van der Waals surface area contributed by atoms with Gasteiger partial charge < -0.3 is 4.74 Å². The fourth-order valence-corrected chi connectivity index (χ4v) is 4.81. The number of hydrogen-bond acceptors (Lipinski definition) is 5. The molecule has 2 atom stereocenters. The molecule has 116 valence electrons. The van der Waals surface area contributed by atoms with Gasteiger partial charge in [0.2, 0.25) is 0 Å². The van der Waals surface area contributed by atoms with Gasteiger partial charge in [0.15, 0.2) is 5.78 Å². The lowest BCUT2D eigenvalue weighted by Crippen LogP contribution is -2.36. The van der Waals surface area contributed by atoms with E-state index in [0.29, 0.717) is 12.0 Å². The number of aliphatic imine (C=N–C) groups is 1. The molecule has 0 aromatic carbocycles. The second-order valence-corrected chi connectivity index (χ2v) is 8.01. The number of carbonyl (C=O) groups is 2. The Hall–Kier alpha value is -1.27. The molecule has 3 rings (SSSR count). The Labute approximate surface area is 141 Å². The number of thiophene rings is 1. The Balaban J connectivity index is 2.17. The third-order valence-electron chi connectivity index (χ3n) is 4.19. The first kappa shape index (κ1) is 15.6. The lowest BCUT2D eigenvalue weighted by atomic mass is 9.74. The Bertz CT molecular complexity index is 704. The minimum absolute atomic E-state index is 0.112. The summed E-state index contributed by atoms with van der Waals surface area (Å²) in [6.45, 7) is 1.85. The van der Waals surface area contributed by atoms with Crippen molar-refractivity contribution < 1.29 is 14.3 Å². The summed E-state index contributed by atoms with van der Waals surface area (Å²) in [6, 6.07) is 3.92. The van der Waals surface area contributed by atoms with Crippen LogP contribution < -0.4 is 0 Å². The molecular weight excluding hydrogens is 366 g/mol. The van der Waals surface area contributed by atoms with E-state index < -0.39 is 5.92 Å². The van der Waals surface area contributed by atoms with E-state index in [4.69, 9.17) is 4.74 Å². The van der Waals surface area contributed by atoms with Crippen LogP contribution in [-0.2, 0) is 14.3 Å². The van der Waals surface area contributed by atoms with E-state index >= 15 is 0 Å². The van der Waals surface area contributed by atoms with Crippen LogP contribution in [0, 0.1) is 5.92 Å². The molecule has 1 aromatic heterocycles. The van der Waals surface area contributed by atoms with Gasteiger partial charge in [0.05, 0.1) is 10.9 Å². The van der Waals surface area contributed by atoms with Crippen molar-refractivity contribution in [2.24, 2.45) is 10.9 Å². The molecule has 1 aliphatic heterocycles. The summed E-state index contributed by atoms with van der Waals surface area (Å²) in [5.74, 6) is -1.01. The Morgan fingerprint density at radius 3 is 2.82 bits per heavy atom. The number of ketones is 1. The number of Topliss-reactive ketones (excluding diaryl/α,β-unsaturated/α-hetero) is 1. The average Bonchev–Trinajstić information content (AvgIpc) is 2.91. The summed E-state index contributed by atoms with van der Waals surface area (Å²) in [4.78, 5) is 30.4. The van der Waals surface area contributed by atoms with Gasteiger partial charge in [-0.3, -0.25) is 14.6 Å². The Morgan fingerprint density at radius 1 is 1.41 bits per heavy atom. The lowest BCUT2D eigenvalue weighted by molar-refractivity contribution is -0.143. The molecule has 4 nitrogen and oxygen atoms in total. The first-order valence-corrected chi connectivity index (χ1v) is 8.78. The van der Waals surface area contributed by atoms with Crippen LogP contribution >= 0.6 is 27.3 Å². The number of esters is 1. The molecule has 0 N–H and O–H groups in total. The van der Waals surface area contributed by atoms with E-state index in [9.17, 15) is 9.59 Å². The van der Waals surface area contributed by atoms with Crippen molar-refractivity contribution in [3.8, 4) is 0 Å². The van der Waals surface area contributed by atoms with Crippen LogP contribution in [0.15, 0.2) is 32.2 Å². The summed E-state index contributed by atoms with van der Waals surface area (Å²) in [7, 11) is 1.38. The molecule has 0 amide bonds. The van der Waals surface area contributed by atoms with Crippen molar-refractivity contribution in [1.29, 1.82) is 0 Å². The topological polar surface area (TPSA) is 55.7 Å². The number of halogens is 1. The number of carbonyl (C=O) groups excluding carboxylic acids is 2. The maximum Gasteiger partial charge on any atom is 0.315 e. The normalized spacial score (nSPS) is 24.9. The second-order valence-electron chi connectivity index (χ2n) is 5.51. The van der Waals surface area contributed by atoms with Crippen LogP contribution in [-0.4, -0.2) is 24.6 Å². The van der Waals surface area contributed by atoms with E-state index in [1.54, 1.807) is 11.3 Å². The van der Waals surface area contributed by atoms with Gasteiger partial charge in [0, 0.05) is 34.2 Å². The highest BCUT2D eigenvalue weighted by Gasteiger charge is 2.43. The third kappa shape index (κ3) is 2.58. The Kier molecular flexibility index (Phi) is 4.32. The number of allylic oxidation sites excluding steroid dienone is 2. The van der Waals surface area contributed by atoms with Gasteiger partial charge in [0.1, 0.15) is 5.92 Å². The van der Waals surface area contributed by atoms with Crippen LogP contribution in [0.5, 0.6) is 0 Å². The van der Waals surface area contributed by atoms with Gasteiger partial charge in [-0.05, 0) is 47.8 Å². The highest BCUT2D eigenvalue weighted by Crippen LogP contribution is 2.45. The molecule has 0 saturated carbocycles. The predicted octanol–water partition coefficient (Wildman–Crippen LogP) is 3.87. The summed E-state index contributed by atoms with van der Waals surface area (Å²) in [5.41, 5.74) is 2.29. The van der Waals surface area contributed by atoms with Crippen LogP contribution in [0.4, 0.5) is 0 Å². The molecule has 0 spiro atoms. The highest BCUT2D eigenvalue weighted by atomic mass is 79.9. The van der Waals surface area contributed by atoms with E-state index in [1.165, 1.54) is 7.11 Å². The molecule has 1 unspecified atom stereocenters. The van der Waals surface area contributed by atoms with E-state index in [1.807, 2.05) is 19.1 Å². The van der Waals surface area contributed by atoms with Crippen molar-refractivity contribution in [2.75, 3.05) is 7.11 Å². The Morgan fingerprint density at radius 2 is 2.18 bits per heavy atom. The van der Waals surface area contributed by atoms with Gasteiger partial charge in [-0.25, -0.2) is 0 Å². The summed E-state index contributed by atoms with van der Waals surface area (Å²) >= 11 is 5.02. The largest absolute Gasteiger partial charge is 0.468 e. The molecule has 2 aliphatic rings. The minimum atomic E-state index is -0.517. The van der Waals surface area contributed by atoms with Gasteiger partial charge in [-0.15, -0.1) is 11.3 Å². The highest BCUT2D eigenvalue weighted by molar-refractivity contribution is 9.11. The summed E-state index contributed by atoms with van der Waals surface area (Å²) < 4.78 is 5.96. The zero-order valence-corrected chi connectivity index (χ0v) is 14.8. The molecule has 1 aliphatic carbocycles. The van der Waals surface area contributed by atoms with E-state index in [2.05, 4.69) is 20.9 Å². The predicted molar refractivity (Wildman–Crippen MR) is 89.3 cm³/mol. The van der Waals surface area contributed by atoms with Gasteiger partial charge in [-0.2, -0.15) is 0 Å². The molecule has 1 aromatic rings. The average molecular weight is 382 g/mol. The maximum atomic E-state index is 12.5. The fraction of sp³-hybridized carbons (Fsp3) is 0.438. The van der Waals surface area contributed by atoms with Crippen LogP contribution in [0.25, 0.3) is 0 Å². The molecular formula is C16H16BrNO3S. The summed E-state index contributed by atoms with van der Waals surface area (Å²) in [5, 5.41) is 0. The van der Waals surface area contributed by atoms with E-state index in [-0.39, 0.29) is 17.7 Å². The lowest BCUT2D eigenvalue weighted by Gasteiger charge is -2.33. The molecule has 0 saturated heterocycles. The molecule has 22 heavy (non-hydrogen) atoms. The second kappa shape index (κ2) is 6.08. The van der Waals surface area contributed by atoms with Gasteiger partial charge in [-0.1, -0.05) is 0 Å². The molecule has 0 radical (unpaired) electrons. The standard InChI is InChI=1S/C16H16BrNO3S/c1-8-13(16(20)21-2)15(11-6-7-12(17)22-11)14-9(18-8)4-3-5-10(14)19/h6-7,13,15H,3-5H2,1-2H3/t13?,15-/m0/s1. The monoisotopic (exact) mass is 381 g/mol. The maximum absolute atomic E-state index is 12.5. The first-order valence-electron chi connectivity index (χ1n) is 7.17. The van der Waals surface area contributed by atoms with Gasteiger partial charge >= 0.3 is 5.97 Å². The van der Waals surface area contributed by atoms with Crippen molar-refractivity contribution in [1.82, 2.24) is 0 Å². The van der Waals surface area contributed by atoms with Crippen molar-refractivity contribution >= 4 is 44.7 Å². The number of rotatable bonds is 2. The zero-order chi connectivity index (χ0) is 15.9. The molecule has 6 heteroatoms. The summed E-state index contributed by atoms with van der Waals surface area (Å²) in [6.07, 6.45) is 2.16. The SMILES string of the molecule is COC(=O)C1C(C)=NC2=C(C(=O)CCC2)[C@H]1c1ccc(Br)s1. The van der Waals surface area contributed by atoms with Crippen LogP contribution in [0.3, 0.4) is 0 Å². The van der Waals surface area contributed by atoms with Crippen LogP contribution in [0.2, 0.25) is 0 Å². The number of methoxy groups -OCH3 is 1. The fourth-order valence-electron chi connectivity index (χ4n) is 3.24. The first-order chi connectivity index (χ1) is 10.5. The number of ether oxygens (including phenoxy) is 1. The smallest absolute Gasteiger partial charge is 0.315 e. The van der Waals surface area contributed by atoms with E-state index in [0.717, 1.165) is 32.9 Å². The number of nitrogens with zero attached hydrogens (tertiary/aromatic N) is 1. The van der Waals surface area contributed by atoms with Crippen molar-refractivity contribution in [3.05, 3.63) is 32.1 Å². The molecule has 2 heterocycles. The van der Waals surface area contributed by atoms with Gasteiger partial charge in [0.25, 0.3) is 0 Å². The minimum Gasteiger partial charge on any atom is -0.468 e. The quantitative estimate of drug-likeness (QED) is 0.730. The number of hydrogen-bond donors (Lipinski definition) is 0. The third-order valence-corrected chi connectivity index (χ3v) is 5.90. The molecule has 0 fully saturated rings. The van der Waals surface area contributed by atoms with Crippen molar-refractivity contribution in [2.45, 2.75) is 32.1 Å². The van der Waals surface area contributed by atoms with Crippen LogP contribution in [0.1, 0.15) is 37.0 Å².